The lowest BCUT2D eigenvalue weighted by Crippen LogP contribution is -2.19. The first-order valence-electron chi connectivity index (χ1n) is 3.39. The van der Waals surface area contributed by atoms with Crippen molar-refractivity contribution in [1.29, 1.82) is 0 Å². The lowest BCUT2D eigenvalue weighted by Gasteiger charge is -1.98. The van der Waals surface area contributed by atoms with Gasteiger partial charge in [-0.25, -0.2) is 0 Å². The zero-order valence-electron chi connectivity index (χ0n) is 6.59. The maximum Gasteiger partial charge on any atom is 0.269 e. The van der Waals surface area contributed by atoms with E-state index in [1.165, 1.54) is 0 Å². The van der Waals surface area contributed by atoms with Crippen molar-refractivity contribution in [2.45, 2.75) is 6.92 Å². The van der Waals surface area contributed by atoms with E-state index in [-0.39, 0.29) is 5.91 Å². The van der Waals surface area contributed by atoms with Crippen molar-refractivity contribution in [2.24, 2.45) is 0 Å². The number of pyridine rings is 1. The molecule has 0 unspecified atom stereocenters. The van der Waals surface area contributed by atoms with Gasteiger partial charge in [-0.2, -0.15) is 0 Å². The van der Waals surface area contributed by atoms with E-state index >= 15 is 0 Å². The molecular weight excluding hydrogens is 140 g/mol. The summed E-state index contributed by atoms with van der Waals surface area (Å²) in [6, 6.07) is 3.60. The van der Waals surface area contributed by atoms with Crippen molar-refractivity contribution in [3.05, 3.63) is 29.6 Å². The second kappa shape index (κ2) is 3.14. The Bertz CT molecular complexity index is 271. The Hall–Kier alpha value is -1.38. The van der Waals surface area contributed by atoms with Crippen molar-refractivity contribution < 1.29 is 4.79 Å². The standard InChI is InChI=1S/C8H10N2O/c1-6-3-4-10-7(5-6)8(11)9-2/h3-5H,1-2H3,(H,9,11). The Kier molecular flexibility index (Phi) is 2.21. The molecule has 0 saturated carbocycles. The maximum absolute atomic E-state index is 11.0. The van der Waals surface area contributed by atoms with Crippen LogP contribution in [0.5, 0.6) is 0 Å². The highest BCUT2D eigenvalue weighted by atomic mass is 16.1. The Morgan fingerprint density at radius 3 is 2.91 bits per heavy atom. The first-order valence-corrected chi connectivity index (χ1v) is 3.39. The van der Waals surface area contributed by atoms with E-state index in [0.717, 1.165) is 5.56 Å². The van der Waals surface area contributed by atoms with Crippen molar-refractivity contribution in [1.82, 2.24) is 10.3 Å². The molecular formula is C8H10N2O. The van der Waals surface area contributed by atoms with Crippen LogP contribution in [0.25, 0.3) is 0 Å². The first kappa shape index (κ1) is 7.72. The molecule has 0 radical (unpaired) electrons. The first-order chi connectivity index (χ1) is 5.24. The number of rotatable bonds is 1. The van der Waals surface area contributed by atoms with Crippen LogP contribution in [-0.4, -0.2) is 17.9 Å². The van der Waals surface area contributed by atoms with E-state index in [9.17, 15) is 4.79 Å². The molecule has 11 heavy (non-hydrogen) atoms. The van der Waals surface area contributed by atoms with Gasteiger partial charge in [-0.05, 0) is 24.6 Å². The number of aromatic nitrogens is 1. The summed E-state index contributed by atoms with van der Waals surface area (Å²) in [4.78, 5) is 14.9. The van der Waals surface area contributed by atoms with Gasteiger partial charge in [0.15, 0.2) is 0 Å². The lowest BCUT2D eigenvalue weighted by atomic mass is 10.2. The quantitative estimate of drug-likeness (QED) is 0.641. The zero-order chi connectivity index (χ0) is 8.27. The molecule has 1 aromatic heterocycles. The van der Waals surface area contributed by atoms with Crippen molar-refractivity contribution in [3.63, 3.8) is 0 Å². The predicted molar refractivity (Wildman–Crippen MR) is 42.4 cm³/mol. The van der Waals surface area contributed by atoms with Crippen LogP contribution in [0, 0.1) is 6.92 Å². The number of nitrogens with zero attached hydrogens (tertiary/aromatic N) is 1. The Labute approximate surface area is 65.5 Å². The fourth-order valence-corrected chi connectivity index (χ4v) is 0.788. The molecule has 0 aliphatic rings. The minimum Gasteiger partial charge on any atom is -0.354 e. The molecule has 1 rings (SSSR count). The Morgan fingerprint density at radius 2 is 2.36 bits per heavy atom. The molecule has 1 N–H and O–H groups in total. The fraction of sp³-hybridized carbons (Fsp3) is 0.250. The number of carbonyl (C=O) groups is 1. The number of nitrogens with one attached hydrogen (secondary N) is 1. The third-order valence-corrected chi connectivity index (χ3v) is 1.38. The van der Waals surface area contributed by atoms with Crippen LogP contribution >= 0.6 is 0 Å². The highest BCUT2D eigenvalue weighted by molar-refractivity contribution is 5.92. The average molecular weight is 150 g/mol. The average Bonchev–Trinajstić information content (AvgIpc) is 2.03. The summed E-state index contributed by atoms with van der Waals surface area (Å²) in [7, 11) is 1.59. The molecule has 1 heterocycles. The molecule has 3 nitrogen and oxygen atoms in total. The highest BCUT2D eigenvalue weighted by Gasteiger charge is 2.02. The van der Waals surface area contributed by atoms with E-state index in [4.69, 9.17) is 0 Å². The summed E-state index contributed by atoms with van der Waals surface area (Å²) in [5, 5.41) is 2.51. The smallest absolute Gasteiger partial charge is 0.269 e. The minimum atomic E-state index is -0.145. The molecule has 0 aliphatic carbocycles. The van der Waals surface area contributed by atoms with Crippen LogP contribution in [0.1, 0.15) is 16.1 Å². The molecule has 0 aliphatic heterocycles. The summed E-state index contributed by atoms with van der Waals surface area (Å²) >= 11 is 0. The van der Waals surface area contributed by atoms with Crippen LogP contribution in [0.2, 0.25) is 0 Å². The molecule has 0 fully saturated rings. The predicted octanol–water partition coefficient (Wildman–Crippen LogP) is 0.750. The van der Waals surface area contributed by atoms with Gasteiger partial charge in [0.1, 0.15) is 5.69 Å². The number of aryl methyl sites for hydroxylation is 1. The molecule has 0 saturated heterocycles. The molecule has 0 bridgehead atoms. The van der Waals surface area contributed by atoms with Gasteiger partial charge in [0.25, 0.3) is 5.91 Å². The summed E-state index contributed by atoms with van der Waals surface area (Å²) in [6.07, 6.45) is 1.62. The van der Waals surface area contributed by atoms with Gasteiger partial charge in [0.2, 0.25) is 0 Å². The van der Waals surface area contributed by atoms with Crippen LogP contribution in [0.4, 0.5) is 0 Å². The SMILES string of the molecule is CNC(=O)c1cc(C)ccn1. The second-order valence-corrected chi connectivity index (χ2v) is 2.30. The van der Waals surface area contributed by atoms with Gasteiger partial charge in [-0.15, -0.1) is 0 Å². The summed E-state index contributed by atoms with van der Waals surface area (Å²) in [5.41, 5.74) is 1.51. The third kappa shape index (κ3) is 1.77. The Balaban J connectivity index is 2.96. The van der Waals surface area contributed by atoms with Gasteiger partial charge in [-0.1, -0.05) is 0 Å². The van der Waals surface area contributed by atoms with Gasteiger partial charge in [-0.3, -0.25) is 9.78 Å². The van der Waals surface area contributed by atoms with Gasteiger partial charge in [0, 0.05) is 13.2 Å². The van der Waals surface area contributed by atoms with Crippen molar-refractivity contribution in [2.75, 3.05) is 7.05 Å². The molecule has 0 atom stereocenters. The maximum atomic E-state index is 11.0. The van der Waals surface area contributed by atoms with Crippen molar-refractivity contribution >= 4 is 5.91 Å². The fourth-order valence-electron chi connectivity index (χ4n) is 0.788. The zero-order valence-corrected chi connectivity index (χ0v) is 6.59. The third-order valence-electron chi connectivity index (χ3n) is 1.38. The number of amides is 1. The molecule has 3 heteroatoms. The molecule has 1 aromatic rings. The summed E-state index contributed by atoms with van der Waals surface area (Å²) in [5.74, 6) is -0.145. The second-order valence-electron chi connectivity index (χ2n) is 2.30. The topological polar surface area (TPSA) is 42.0 Å². The number of hydrogen-bond acceptors (Lipinski definition) is 2. The van der Waals surface area contributed by atoms with E-state index in [1.54, 1.807) is 19.3 Å². The molecule has 58 valence electrons. The number of hydrogen-bond donors (Lipinski definition) is 1. The minimum absolute atomic E-state index is 0.145. The highest BCUT2D eigenvalue weighted by Crippen LogP contribution is 1.98. The number of carbonyl (C=O) groups excluding carboxylic acids is 1. The summed E-state index contributed by atoms with van der Waals surface area (Å²) in [6.45, 7) is 1.92. The largest absolute Gasteiger partial charge is 0.354 e. The summed E-state index contributed by atoms with van der Waals surface area (Å²) < 4.78 is 0. The monoisotopic (exact) mass is 150 g/mol. The van der Waals surface area contributed by atoms with E-state index in [1.807, 2.05) is 13.0 Å². The molecule has 0 spiro atoms. The van der Waals surface area contributed by atoms with Crippen LogP contribution in [-0.2, 0) is 0 Å². The normalized spacial score (nSPS) is 9.27. The van der Waals surface area contributed by atoms with Crippen LogP contribution in [0.15, 0.2) is 18.3 Å². The van der Waals surface area contributed by atoms with Crippen molar-refractivity contribution in [3.8, 4) is 0 Å². The Morgan fingerprint density at radius 1 is 1.64 bits per heavy atom. The van der Waals surface area contributed by atoms with Gasteiger partial charge < -0.3 is 5.32 Å². The van der Waals surface area contributed by atoms with Crippen LogP contribution in [0.3, 0.4) is 0 Å². The van der Waals surface area contributed by atoms with E-state index in [0.29, 0.717) is 5.69 Å². The lowest BCUT2D eigenvalue weighted by molar-refractivity contribution is 0.0958. The molecule has 0 aromatic carbocycles. The van der Waals surface area contributed by atoms with E-state index in [2.05, 4.69) is 10.3 Å². The van der Waals surface area contributed by atoms with Crippen LogP contribution < -0.4 is 5.32 Å². The molecule has 1 amide bonds. The van der Waals surface area contributed by atoms with E-state index < -0.39 is 0 Å². The van der Waals surface area contributed by atoms with Gasteiger partial charge in [0.05, 0.1) is 0 Å². The van der Waals surface area contributed by atoms with Gasteiger partial charge >= 0.3 is 0 Å².